The summed E-state index contributed by atoms with van der Waals surface area (Å²) in [6.07, 6.45) is 13.5. The van der Waals surface area contributed by atoms with Gasteiger partial charge in [-0.25, -0.2) is 0 Å². The Kier molecular flexibility index (Phi) is 8.93. The summed E-state index contributed by atoms with van der Waals surface area (Å²) in [5.74, 6) is 0. The van der Waals surface area contributed by atoms with E-state index in [2.05, 4.69) is 0 Å². The van der Waals surface area contributed by atoms with E-state index in [4.69, 9.17) is 37.0 Å². The van der Waals surface area contributed by atoms with Gasteiger partial charge in [0.25, 0.3) is 0 Å². The van der Waals surface area contributed by atoms with Gasteiger partial charge in [-0.15, -0.1) is 0 Å². The van der Waals surface area contributed by atoms with Crippen LogP contribution in [0.1, 0.15) is 96.3 Å². The van der Waals surface area contributed by atoms with Crippen molar-refractivity contribution < 1.29 is 51.4 Å². The van der Waals surface area contributed by atoms with Crippen LogP contribution in [-0.2, 0) is 37.0 Å². The van der Waals surface area contributed by atoms with Crippen molar-refractivity contribution in [2.75, 3.05) is 0 Å². The first-order chi connectivity index (χ1) is 17.8. The van der Waals surface area contributed by atoms with Gasteiger partial charge in [0.1, 0.15) is 0 Å². The van der Waals surface area contributed by atoms with Crippen LogP contribution < -0.4 is 0 Å². The fourth-order valence-electron chi connectivity index (χ4n) is 6.14. The zero-order valence-corrected chi connectivity index (χ0v) is 27.9. The monoisotopic (exact) mass is 640 g/mol. The van der Waals surface area contributed by atoms with Gasteiger partial charge in [0.2, 0.25) is 0 Å². The van der Waals surface area contributed by atoms with Crippen molar-refractivity contribution in [1.29, 1.82) is 0 Å². The minimum Gasteiger partial charge on any atom is -0.390 e. The largest absolute Gasteiger partial charge is 0.553 e. The highest BCUT2D eigenvalue weighted by Crippen LogP contribution is 2.44. The van der Waals surface area contributed by atoms with Crippen LogP contribution in [0.3, 0.4) is 0 Å². The fraction of sp³-hybridized carbons (Fsp3) is 1.00. The van der Waals surface area contributed by atoms with Gasteiger partial charge < -0.3 is 51.4 Å². The Hall–Kier alpha value is 1.04. The van der Waals surface area contributed by atoms with Crippen molar-refractivity contribution in [2.24, 2.45) is 0 Å². The van der Waals surface area contributed by atoms with Gasteiger partial charge in [0.05, 0.1) is 0 Å². The molecule has 0 aromatic rings. The standard InChI is InChI=1S/C18H36O12Si7/c19-35(16-10-4-1-5-11-16)25-32-22-31-23-33(26-35)28-37(21,18-14-8-3-9-15-18)30-34(24-31)29-36(20,27-32)17-12-6-2-7-13-17/h16-21H,1-15H2. The van der Waals surface area contributed by atoms with Crippen LogP contribution in [0.25, 0.3) is 0 Å². The summed E-state index contributed by atoms with van der Waals surface area (Å²) in [7, 11) is -22.6. The highest BCUT2D eigenvalue weighted by molar-refractivity contribution is 6.85. The predicted molar refractivity (Wildman–Crippen MR) is 137 cm³/mol. The van der Waals surface area contributed by atoms with E-state index < -0.39 is 64.5 Å². The highest BCUT2D eigenvalue weighted by Gasteiger charge is 2.66. The second-order valence-electron chi connectivity index (χ2n) is 10.8. The average Bonchev–Trinajstić information content (AvgIpc) is 2.87. The van der Waals surface area contributed by atoms with Crippen molar-refractivity contribution in [1.82, 2.24) is 0 Å². The fourth-order valence-corrected chi connectivity index (χ4v) is 29.0. The quantitative estimate of drug-likeness (QED) is 0.388. The molecule has 0 atom stereocenters. The third-order valence-corrected chi connectivity index (χ3v) is 28.1. The summed E-state index contributed by atoms with van der Waals surface area (Å²) in [6, 6.07) is 0. The zero-order chi connectivity index (χ0) is 25.5. The van der Waals surface area contributed by atoms with Crippen LogP contribution in [-0.4, -0.2) is 78.9 Å². The molecule has 0 amide bonds. The zero-order valence-electron chi connectivity index (χ0n) is 20.9. The molecule has 3 N–H and O–H groups in total. The van der Waals surface area contributed by atoms with Crippen LogP contribution in [0.4, 0.5) is 0 Å². The molecule has 3 saturated carbocycles. The van der Waals surface area contributed by atoms with E-state index in [0.29, 0.717) is 0 Å². The van der Waals surface area contributed by atoms with Crippen LogP contribution in [0, 0.1) is 0 Å². The molecule has 0 aromatic carbocycles. The lowest BCUT2D eigenvalue weighted by Gasteiger charge is -2.46. The molecule has 12 nitrogen and oxygen atoms in total. The maximum Gasteiger partial charge on any atom is 0.553 e. The maximum atomic E-state index is 11.9. The number of fused-ring (bicyclic) bond motifs is 3. The van der Waals surface area contributed by atoms with E-state index in [1.807, 2.05) is 0 Å². The predicted octanol–water partition coefficient (Wildman–Crippen LogP) is 1.91. The van der Waals surface area contributed by atoms with Gasteiger partial charge in [-0.2, -0.15) is 0 Å². The SMILES string of the molecule is O[Si]1(C2CCCCC2)O[Si]2O[Si]3O[Si](O1)O[Si](O)(C1CCCCC1)O[Si](O3)O[Si](O)(C1CCCCC1)O2. The number of hydrogen-bond acceptors (Lipinski definition) is 12. The molecule has 3 heterocycles. The van der Waals surface area contributed by atoms with Gasteiger partial charge in [-0.05, 0) is 38.5 Å². The van der Waals surface area contributed by atoms with E-state index in [-0.39, 0.29) is 16.6 Å². The normalized spacial score (nSPS) is 41.6. The molecule has 3 aliphatic carbocycles. The third kappa shape index (κ3) is 6.29. The molecule has 4 radical (unpaired) electrons. The average molecular weight is 641 g/mol. The molecule has 6 rings (SSSR count). The molecule has 0 spiro atoms. The minimum absolute atomic E-state index is 0.225. The van der Waals surface area contributed by atoms with Gasteiger partial charge in [0.15, 0.2) is 0 Å². The Morgan fingerprint density at radius 1 is 0.378 bits per heavy atom. The first kappa shape index (κ1) is 28.2. The second kappa shape index (κ2) is 11.7. The molecule has 208 valence electrons. The summed E-state index contributed by atoms with van der Waals surface area (Å²) < 4.78 is 55.8. The van der Waals surface area contributed by atoms with E-state index in [0.717, 1.165) is 96.3 Å². The smallest absolute Gasteiger partial charge is 0.390 e. The Labute approximate surface area is 228 Å². The summed E-state index contributed by atoms with van der Waals surface area (Å²) in [6.45, 7) is 0. The van der Waals surface area contributed by atoms with Crippen LogP contribution in [0.2, 0.25) is 16.6 Å². The van der Waals surface area contributed by atoms with Crippen molar-refractivity contribution >= 4 is 64.5 Å². The summed E-state index contributed by atoms with van der Waals surface area (Å²) >= 11 is 0. The third-order valence-electron chi connectivity index (χ3n) is 8.24. The molecule has 0 unspecified atom stereocenters. The van der Waals surface area contributed by atoms with E-state index in [1.165, 1.54) is 0 Å². The van der Waals surface area contributed by atoms with Crippen molar-refractivity contribution in [3.05, 3.63) is 0 Å². The van der Waals surface area contributed by atoms with E-state index in [1.54, 1.807) is 0 Å². The van der Waals surface area contributed by atoms with Crippen LogP contribution >= 0.6 is 0 Å². The summed E-state index contributed by atoms with van der Waals surface area (Å²) in [4.78, 5) is 35.8. The van der Waals surface area contributed by atoms with Gasteiger partial charge in [-0.3, -0.25) is 0 Å². The Bertz CT molecular complexity index is 666. The highest BCUT2D eigenvalue weighted by atomic mass is 28.6. The first-order valence-corrected chi connectivity index (χ1v) is 24.1. The molecule has 19 heteroatoms. The second-order valence-corrected chi connectivity index (χ2v) is 26.4. The van der Waals surface area contributed by atoms with Crippen LogP contribution in [0.5, 0.6) is 0 Å². The molecule has 3 aliphatic heterocycles. The lowest BCUT2D eigenvalue weighted by Crippen LogP contribution is -2.71. The molecule has 0 aromatic heterocycles. The maximum absolute atomic E-state index is 11.9. The molecular weight excluding hydrogens is 605 g/mol. The Morgan fingerprint density at radius 2 is 0.622 bits per heavy atom. The Morgan fingerprint density at radius 3 is 0.865 bits per heavy atom. The summed E-state index contributed by atoms with van der Waals surface area (Å²) in [5.41, 5.74) is -0.676. The molecule has 37 heavy (non-hydrogen) atoms. The van der Waals surface area contributed by atoms with Gasteiger partial charge in [0, 0.05) is 16.6 Å². The Balaban J connectivity index is 1.36. The lowest BCUT2D eigenvalue weighted by molar-refractivity contribution is 0.0414. The topological polar surface area (TPSA) is 144 Å². The molecule has 4 bridgehead atoms. The van der Waals surface area contributed by atoms with Crippen LogP contribution in [0.15, 0.2) is 0 Å². The van der Waals surface area contributed by atoms with Crippen molar-refractivity contribution in [3.63, 3.8) is 0 Å². The molecular formula is C18H36O12Si7. The first-order valence-electron chi connectivity index (χ1n) is 13.7. The molecule has 6 aliphatic rings. The minimum atomic E-state index is -3.97. The summed E-state index contributed by atoms with van der Waals surface area (Å²) in [5, 5.41) is 0. The van der Waals surface area contributed by atoms with Gasteiger partial charge in [-0.1, -0.05) is 57.8 Å². The van der Waals surface area contributed by atoms with Crippen molar-refractivity contribution in [2.45, 2.75) is 113 Å². The van der Waals surface area contributed by atoms with E-state index >= 15 is 0 Å². The molecule has 3 saturated heterocycles. The van der Waals surface area contributed by atoms with Crippen molar-refractivity contribution in [3.8, 4) is 0 Å². The lowest BCUT2D eigenvalue weighted by atomic mass is 10.0. The molecule has 6 fully saturated rings. The van der Waals surface area contributed by atoms with Gasteiger partial charge >= 0.3 is 64.5 Å². The number of hydrogen-bond donors (Lipinski definition) is 3. The number of rotatable bonds is 3. The van der Waals surface area contributed by atoms with E-state index in [9.17, 15) is 14.4 Å².